The van der Waals surface area contributed by atoms with Crippen LogP contribution in [0.1, 0.15) is 5.56 Å². The number of benzene rings is 2. The lowest BCUT2D eigenvalue weighted by atomic mass is 9.99. The highest BCUT2D eigenvalue weighted by atomic mass is 16.7. The Morgan fingerprint density at radius 3 is 1.82 bits per heavy atom. The van der Waals surface area contributed by atoms with E-state index in [2.05, 4.69) is 0 Å². The van der Waals surface area contributed by atoms with Gasteiger partial charge in [-0.3, -0.25) is 30.3 Å². The van der Waals surface area contributed by atoms with Crippen molar-refractivity contribution < 1.29 is 19.5 Å². The van der Waals surface area contributed by atoms with Crippen LogP contribution in [0.2, 0.25) is 0 Å². The molecule has 2 rings (SSSR count). The molecule has 0 aromatic heterocycles. The third-order valence-electron chi connectivity index (χ3n) is 3.23. The van der Waals surface area contributed by atoms with Gasteiger partial charge in [-0.2, -0.15) is 0 Å². The standard InChI is InChI=1S/C12H9N3O7/c1-22-11-7-6-10(8-4-2-3-5-9(8)11)12(13(16)17,14(18)19)15(20)21/h2-7H,1H3. The number of hydrogen-bond acceptors (Lipinski definition) is 7. The lowest BCUT2D eigenvalue weighted by molar-refractivity contribution is -0.985. The number of rotatable bonds is 5. The monoisotopic (exact) mass is 307 g/mol. The zero-order chi connectivity index (χ0) is 16.5. The van der Waals surface area contributed by atoms with Gasteiger partial charge < -0.3 is 4.74 Å². The van der Waals surface area contributed by atoms with Crippen molar-refractivity contribution in [3.63, 3.8) is 0 Å². The van der Waals surface area contributed by atoms with Crippen molar-refractivity contribution in [2.45, 2.75) is 5.79 Å². The molecular weight excluding hydrogens is 298 g/mol. The van der Waals surface area contributed by atoms with Crippen LogP contribution in [0.15, 0.2) is 36.4 Å². The van der Waals surface area contributed by atoms with Crippen molar-refractivity contribution >= 4 is 10.8 Å². The molecule has 22 heavy (non-hydrogen) atoms. The van der Waals surface area contributed by atoms with Crippen LogP contribution in [-0.4, -0.2) is 21.9 Å². The van der Waals surface area contributed by atoms with E-state index in [4.69, 9.17) is 4.74 Å². The van der Waals surface area contributed by atoms with Crippen LogP contribution in [0.4, 0.5) is 0 Å². The van der Waals surface area contributed by atoms with Gasteiger partial charge >= 0.3 is 5.79 Å². The van der Waals surface area contributed by atoms with Crippen molar-refractivity contribution in [3.05, 3.63) is 72.3 Å². The molecule has 0 aliphatic heterocycles. The average molecular weight is 307 g/mol. The highest BCUT2D eigenvalue weighted by Gasteiger charge is 2.73. The predicted octanol–water partition coefficient (Wildman–Crippen LogP) is 1.79. The molecule has 2 aromatic carbocycles. The molecule has 0 aliphatic rings. The summed E-state index contributed by atoms with van der Waals surface area (Å²) in [5.41, 5.74) is -0.635. The fraction of sp³-hybridized carbons (Fsp3) is 0.167. The zero-order valence-corrected chi connectivity index (χ0v) is 11.2. The smallest absolute Gasteiger partial charge is 0.496 e. The highest BCUT2D eigenvalue weighted by molar-refractivity contribution is 5.91. The second-order valence-corrected chi connectivity index (χ2v) is 4.27. The summed E-state index contributed by atoms with van der Waals surface area (Å²) in [6.07, 6.45) is 0. The van der Waals surface area contributed by atoms with Gasteiger partial charge in [-0.15, -0.1) is 0 Å². The van der Waals surface area contributed by atoms with E-state index >= 15 is 0 Å². The lowest BCUT2D eigenvalue weighted by Crippen LogP contribution is -2.50. The Morgan fingerprint density at radius 1 is 0.864 bits per heavy atom. The maximum absolute atomic E-state index is 11.2. The number of fused-ring (bicyclic) bond motifs is 1. The number of hydrogen-bond donors (Lipinski definition) is 0. The number of nitrogens with zero attached hydrogens (tertiary/aromatic N) is 3. The summed E-state index contributed by atoms with van der Waals surface area (Å²) in [5.74, 6) is -3.38. The molecule has 0 N–H and O–H groups in total. The van der Waals surface area contributed by atoms with E-state index in [-0.39, 0.29) is 5.39 Å². The lowest BCUT2D eigenvalue weighted by Gasteiger charge is -2.12. The van der Waals surface area contributed by atoms with E-state index in [0.29, 0.717) is 11.1 Å². The molecule has 0 radical (unpaired) electrons. The molecule has 0 unspecified atom stereocenters. The Labute approximate surface area is 122 Å². The largest absolute Gasteiger partial charge is 0.729 e. The molecule has 0 aliphatic carbocycles. The SMILES string of the molecule is COc1ccc(C([N+](=O)[O-])([N+](=O)[O-])[N+](=O)[O-])c2ccccc12. The Bertz CT molecular complexity index is 753. The summed E-state index contributed by atoms with van der Waals surface area (Å²) < 4.78 is 5.07. The second-order valence-electron chi connectivity index (χ2n) is 4.27. The minimum atomic E-state index is -3.67. The van der Waals surface area contributed by atoms with E-state index in [1.807, 2.05) is 0 Å². The number of nitro groups is 3. The number of ether oxygens (including phenoxy) is 1. The van der Waals surface area contributed by atoms with E-state index in [9.17, 15) is 30.3 Å². The normalized spacial score (nSPS) is 11.1. The molecule has 114 valence electrons. The van der Waals surface area contributed by atoms with E-state index < -0.39 is 26.1 Å². The minimum absolute atomic E-state index is 0.00644. The van der Waals surface area contributed by atoms with Crippen molar-refractivity contribution in [2.24, 2.45) is 0 Å². The fourth-order valence-corrected chi connectivity index (χ4v) is 2.24. The highest BCUT2D eigenvalue weighted by Crippen LogP contribution is 2.36. The maximum atomic E-state index is 11.2. The van der Waals surface area contributed by atoms with Crippen LogP contribution in [0, 0.1) is 30.3 Å². The molecule has 2 aromatic rings. The van der Waals surface area contributed by atoms with Crippen LogP contribution < -0.4 is 4.74 Å². The molecule has 0 amide bonds. The predicted molar refractivity (Wildman–Crippen MR) is 73.2 cm³/mol. The molecule has 10 heteroatoms. The first-order chi connectivity index (χ1) is 10.4. The molecule has 0 saturated carbocycles. The molecule has 0 heterocycles. The van der Waals surface area contributed by atoms with Crippen molar-refractivity contribution in [1.29, 1.82) is 0 Å². The fourth-order valence-electron chi connectivity index (χ4n) is 2.24. The second kappa shape index (κ2) is 5.24. The molecular formula is C12H9N3O7. The van der Waals surface area contributed by atoms with Crippen LogP contribution in [0.3, 0.4) is 0 Å². The van der Waals surface area contributed by atoms with Crippen LogP contribution >= 0.6 is 0 Å². The Kier molecular flexibility index (Phi) is 3.59. The molecule has 0 spiro atoms. The zero-order valence-electron chi connectivity index (χ0n) is 11.2. The van der Waals surface area contributed by atoms with Gasteiger partial charge in [0.1, 0.15) is 5.75 Å². The Balaban J connectivity index is 2.96. The van der Waals surface area contributed by atoms with E-state index in [1.165, 1.54) is 31.4 Å². The molecule has 0 fully saturated rings. The Morgan fingerprint density at radius 2 is 1.36 bits per heavy atom. The molecule has 0 bridgehead atoms. The quantitative estimate of drug-likeness (QED) is 0.466. The average Bonchev–Trinajstić information content (AvgIpc) is 2.46. The van der Waals surface area contributed by atoms with Gasteiger partial charge in [0.2, 0.25) is 5.56 Å². The van der Waals surface area contributed by atoms with Crippen molar-refractivity contribution in [1.82, 2.24) is 0 Å². The summed E-state index contributed by atoms with van der Waals surface area (Å²) in [5, 5.41) is 33.9. The van der Waals surface area contributed by atoms with Gasteiger partial charge in [-0.25, -0.2) is 0 Å². The first kappa shape index (κ1) is 15.1. The minimum Gasteiger partial charge on any atom is -0.496 e. The van der Waals surface area contributed by atoms with Crippen LogP contribution in [0.25, 0.3) is 10.8 Å². The summed E-state index contributed by atoms with van der Waals surface area (Å²) in [6.45, 7) is 0. The summed E-state index contributed by atoms with van der Waals surface area (Å²) >= 11 is 0. The maximum Gasteiger partial charge on any atom is 0.729 e. The molecule has 0 atom stereocenters. The number of methoxy groups -OCH3 is 1. The third-order valence-corrected chi connectivity index (χ3v) is 3.23. The van der Waals surface area contributed by atoms with Crippen LogP contribution in [-0.2, 0) is 5.79 Å². The van der Waals surface area contributed by atoms with Crippen molar-refractivity contribution in [2.75, 3.05) is 7.11 Å². The van der Waals surface area contributed by atoms with Gasteiger partial charge in [0.25, 0.3) is 0 Å². The molecule has 10 nitrogen and oxygen atoms in total. The molecule has 0 saturated heterocycles. The van der Waals surface area contributed by atoms with Gasteiger partial charge in [-0.1, -0.05) is 24.3 Å². The van der Waals surface area contributed by atoms with Crippen molar-refractivity contribution in [3.8, 4) is 5.75 Å². The Hall–Kier alpha value is -3.30. The summed E-state index contributed by atoms with van der Waals surface area (Å²) in [6, 6.07) is 8.08. The summed E-state index contributed by atoms with van der Waals surface area (Å²) in [7, 11) is 1.35. The van der Waals surface area contributed by atoms with Gasteiger partial charge in [0, 0.05) is 10.8 Å². The topological polar surface area (TPSA) is 139 Å². The van der Waals surface area contributed by atoms with Gasteiger partial charge in [0.15, 0.2) is 14.8 Å². The van der Waals surface area contributed by atoms with Gasteiger partial charge in [0.05, 0.1) is 7.11 Å². The third kappa shape index (κ3) is 1.89. The first-order valence-corrected chi connectivity index (χ1v) is 5.87. The van der Waals surface area contributed by atoms with E-state index in [0.717, 1.165) is 6.07 Å². The van der Waals surface area contributed by atoms with Crippen LogP contribution in [0.5, 0.6) is 5.75 Å². The first-order valence-electron chi connectivity index (χ1n) is 5.87. The van der Waals surface area contributed by atoms with E-state index in [1.54, 1.807) is 6.07 Å². The van der Waals surface area contributed by atoms with Gasteiger partial charge in [-0.05, 0) is 12.1 Å². The summed E-state index contributed by atoms with van der Waals surface area (Å²) in [4.78, 5) is 29.0.